The number of aliphatic hydroxyl groups excluding tert-OH is 1. The first-order valence-corrected chi connectivity index (χ1v) is 7.46. The van der Waals surface area contributed by atoms with Gasteiger partial charge in [0.1, 0.15) is 0 Å². The Labute approximate surface area is 134 Å². The van der Waals surface area contributed by atoms with E-state index in [9.17, 15) is 14.7 Å². The van der Waals surface area contributed by atoms with Crippen LogP contribution in [0, 0.1) is 5.92 Å². The van der Waals surface area contributed by atoms with E-state index in [1.165, 1.54) is 0 Å². The summed E-state index contributed by atoms with van der Waals surface area (Å²) in [6, 6.07) is 5.18. The molecule has 0 saturated carbocycles. The highest BCUT2D eigenvalue weighted by atomic mass is 16.7. The van der Waals surface area contributed by atoms with Crippen LogP contribution in [0.4, 0.5) is 0 Å². The maximum absolute atomic E-state index is 12.1. The molecule has 1 heterocycles. The largest absolute Gasteiger partial charge is 0.466 e. The van der Waals surface area contributed by atoms with Crippen LogP contribution in [0.2, 0.25) is 0 Å². The summed E-state index contributed by atoms with van der Waals surface area (Å²) in [5, 5.41) is 10.1. The van der Waals surface area contributed by atoms with E-state index in [4.69, 9.17) is 18.9 Å². The summed E-state index contributed by atoms with van der Waals surface area (Å²) in [6.45, 7) is 3.71. The van der Waals surface area contributed by atoms with Crippen LogP contribution in [-0.2, 0) is 25.5 Å². The minimum absolute atomic E-state index is 0.120. The third kappa shape index (κ3) is 4.13. The van der Waals surface area contributed by atoms with Gasteiger partial charge >= 0.3 is 11.9 Å². The lowest BCUT2D eigenvalue weighted by Gasteiger charge is -2.20. The highest BCUT2D eigenvalue weighted by Crippen LogP contribution is 2.33. The van der Waals surface area contributed by atoms with Gasteiger partial charge in [0, 0.05) is 0 Å². The monoisotopic (exact) mass is 324 g/mol. The van der Waals surface area contributed by atoms with Gasteiger partial charge in [0.05, 0.1) is 19.1 Å². The fourth-order valence-electron chi connectivity index (χ4n) is 2.29. The van der Waals surface area contributed by atoms with Crippen molar-refractivity contribution < 1.29 is 33.6 Å². The lowest BCUT2D eigenvalue weighted by molar-refractivity contribution is -0.166. The van der Waals surface area contributed by atoms with Crippen molar-refractivity contribution in [2.24, 2.45) is 5.92 Å². The molecule has 0 amide bonds. The van der Waals surface area contributed by atoms with Crippen molar-refractivity contribution in [3.05, 3.63) is 23.8 Å². The average Bonchev–Trinajstić information content (AvgIpc) is 3.00. The van der Waals surface area contributed by atoms with Crippen LogP contribution in [0.1, 0.15) is 19.4 Å². The molecular formula is C16H20O7. The molecule has 0 aliphatic carbocycles. The summed E-state index contributed by atoms with van der Waals surface area (Å²) < 4.78 is 20.2. The van der Waals surface area contributed by atoms with E-state index in [1.807, 2.05) is 0 Å². The second kappa shape index (κ2) is 7.82. The molecule has 1 aromatic carbocycles. The first-order chi connectivity index (χ1) is 11.1. The minimum Gasteiger partial charge on any atom is -0.466 e. The van der Waals surface area contributed by atoms with E-state index in [-0.39, 0.29) is 26.4 Å². The lowest BCUT2D eigenvalue weighted by atomic mass is 9.93. The van der Waals surface area contributed by atoms with Crippen LogP contribution >= 0.6 is 0 Å². The number of esters is 2. The number of hydrogen-bond acceptors (Lipinski definition) is 7. The maximum Gasteiger partial charge on any atom is 0.335 e. The van der Waals surface area contributed by atoms with Crippen LogP contribution < -0.4 is 9.47 Å². The Morgan fingerprint density at radius 1 is 1.13 bits per heavy atom. The number of aliphatic hydroxyl groups is 1. The topological polar surface area (TPSA) is 91.3 Å². The van der Waals surface area contributed by atoms with Crippen molar-refractivity contribution in [1.82, 2.24) is 0 Å². The van der Waals surface area contributed by atoms with Crippen LogP contribution in [0.3, 0.4) is 0 Å². The molecule has 1 aliphatic rings. The molecule has 2 atom stereocenters. The van der Waals surface area contributed by atoms with Gasteiger partial charge in [-0.1, -0.05) is 6.07 Å². The SMILES string of the molecule is CCOC(=O)[C@@H](O)[C@@H](Cc1ccc2c(c1)OCO2)C(=O)OCC. The number of hydrogen-bond donors (Lipinski definition) is 1. The fraction of sp³-hybridized carbons (Fsp3) is 0.500. The van der Waals surface area contributed by atoms with E-state index >= 15 is 0 Å². The third-order valence-corrected chi connectivity index (χ3v) is 3.39. The summed E-state index contributed by atoms with van der Waals surface area (Å²) >= 11 is 0. The predicted octanol–water partition coefficient (Wildman–Crippen LogP) is 1.06. The molecule has 0 radical (unpaired) electrons. The summed E-state index contributed by atoms with van der Waals surface area (Å²) in [5.41, 5.74) is 0.718. The number of fused-ring (bicyclic) bond motifs is 1. The fourth-order valence-corrected chi connectivity index (χ4v) is 2.29. The molecule has 2 rings (SSSR count). The Bertz CT molecular complexity index is 570. The van der Waals surface area contributed by atoms with Crippen molar-refractivity contribution in [2.45, 2.75) is 26.4 Å². The van der Waals surface area contributed by atoms with E-state index in [1.54, 1.807) is 32.0 Å². The normalized spacial score (nSPS) is 14.9. The zero-order chi connectivity index (χ0) is 16.8. The predicted molar refractivity (Wildman–Crippen MR) is 79.0 cm³/mol. The first-order valence-electron chi connectivity index (χ1n) is 7.46. The van der Waals surface area contributed by atoms with E-state index in [0.717, 1.165) is 5.56 Å². The number of carbonyl (C=O) groups excluding carboxylic acids is 2. The van der Waals surface area contributed by atoms with Crippen molar-refractivity contribution in [3.8, 4) is 11.5 Å². The first kappa shape index (κ1) is 17.1. The van der Waals surface area contributed by atoms with Crippen molar-refractivity contribution in [2.75, 3.05) is 20.0 Å². The molecule has 0 bridgehead atoms. The zero-order valence-electron chi connectivity index (χ0n) is 13.1. The maximum atomic E-state index is 12.1. The van der Waals surface area contributed by atoms with Gasteiger partial charge < -0.3 is 24.1 Å². The number of benzene rings is 1. The van der Waals surface area contributed by atoms with Gasteiger partial charge in [-0.25, -0.2) is 4.79 Å². The molecule has 7 heteroatoms. The number of rotatable bonds is 7. The second-order valence-electron chi connectivity index (χ2n) is 4.95. The van der Waals surface area contributed by atoms with Crippen molar-refractivity contribution in [3.63, 3.8) is 0 Å². The highest BCUT2D eigenvalue weighted by Gasteiger charge is 2.34. The smallest absolute Gasteiger partial charge is 0.335 e. The molecule has 1 N–H and O–H groups in total. The van der Waals surface area contributed by atoms with E-state index in [0.29, 0.717) is 11.5 Å². The van der Waals surface area contributed by atoms with Gasteiger partial charge in [0.15, 0.2) is 17.6 Å². The van der Waals surface area contributed by atoms with E-state index < -0.39 is 24.0 Å². The third-order valence-electron chi connectivity index (χ3n) is 3.39. The molecule has 0 saturated heterocycles. The molecular weight excluding hydrogens is 304 g/mol. The lowest BCUT2D eigenvalue weighted by Crippen LogP contribution is -2.38. The second-order valence-corrected chi connectivity index (χ2v) is 4.95. The van der Waals surface area contributed by atoms with Gasteiger partial charge in [-0.2, -0.15) is 0 Å². The van der Waals surface area contributed by atoms with Gasteiger partial charge in [0.25, 0.3) is 0 Å². The summed E-state index contributed by atoms with van der Waals surface area (Å²) in [7, 11) is 0. The van der Waals surface area contributed by atoms with Crippen LogP contribution in [-0.4, -0.2) is 43.2 Å². The Kier molecular flexibility index (Phi) is 5.81. The molecule has 126 valence electrons. The van der Waals surface area contributed by atoms with Crippen LogP contribution in [0.5, 0.6) is 11.5 Å². The van der Waals surface area contributed by atoms with Crippen LogP contribution in [0.15, 0.2) is 18.2 Å². The molecule has 0 fully saturated rings. The standard InChI is InChI=1S/C16H20O7/c1-3-20-15(18)11(14(17)16(19)21-4-2)7-10-5-6-12-13(8-10)23-9-22-12/h5-6,8,11,14,17H,3-4,7,9H2,1-2H3/t11-,14+/m1/s1. The van der Waals surface area contributed by atoms with Crippen molar-refractivity contribution >= 4 is 11.9 Å². The molecule has 23 heavy (non-hydrogen) atoms. The van der Waals surface area contributed by atoms with Gasteiger partial charge in [-0.05, 0) is 38.0 Å². The Balaban J connectivity index is 2.16. The molecule has 1 aromatic rings. The Hall–Kier alpha value is -2.28. The van der Waals surface area contributed by atoms with Crippen LogP contribution in [0.25, 0.3) is 0 Å². The highest BCUT2D eigenvalue weighted by molar-refractivity contribution is 5.84. The van der Waals surface area contributed by atoms with Crippen molar-refractivity contribution in [1.29, 1.82) is 0 Å². The van der Waals surface area contributed by atoms with Gasteiger partial charge in [-0.15, -0.1) is 0 Å². The zero-order valence-corrected chi connectivity index (χ0v) is 13.1. The summed E-state index contributed by atoms with van der Waals surface area (Å²) in [4.78, 5) is 23.8. The molecule has 0 unspecified atom stereocenters. The molecule has 7 nitrogen and oxygen atoms in total. The van der Waals surface area contributed by atoms with E-state index in [2.05, 4.69) is 0 Å². The minimum atomic E-state index is -1.58. The Morgan fingerprint density at radius 2 is 1.78 bits per heavy atom. The number of ether oxygens (including phenoxy) is 4. The summed E-state index contributed by atoms with van der Waals surface area (Å²) in [5.74, 6) is -1.35. The summed E-state index contributed by atoms with van der Waals surface area (Å²) in [6.07, 6.45) is -1.46. The van der Waals surface area contributed by atoms with Gasteiger partial charge in [-0.3, -0.25) is 4.79 Å². The average molecular weight is 324 g/mol. The quantitative estimate of drug-likeness (QED) is 0.750. The number of carbonyl (C=O) groups is 2. The Morgan fingerprint density at radius 3 is 2.48 bits per heavy atom. The molecule has 0 spiro atoms. The van der Waals surface area contributed by atoms with Gasteiger partial charge in [0.2, 0.25) is 6.79 Å². The molecule has 0 aromatic heterocycles. The molecule has 1 aliphatic heterocycles.